The van der Waals surface area contributed by atoms with Gasteiger partial charge in [0.25, 0.3) is 5.82 Å². The van der Waals surface area contributed by atoms with Crippen LogP contribution in [0.2, 0.25) is 0 Å². The summed E-state index contributed by atoms with van der Waals surface area (Å²) in [7, 11) is 6.83. The number of carbonyl (C=O) groups excluding carboxylic acids is 3. The highest BCUT2D eigenvalue weighted by Gasteiger charge is 2.56. The lowest BCUT2D eigenvalue weighted by Gasteiger charge is -2.40. The smallest absolute Gasteiger partial charge is 0.409 e. The van der Waals surface area contributed by atoms with Gasteiger partial charge in [0.2, 0.25) is 5.91 Å². The molecule has 3 amide bonds. The molecule has 2 aromatic rings. The van der Waals surface area contributed by atoms with Crippen molar-refractivity contribution in [3.63, 3.8) is 0 Å². The first kappa shape index (κ1) is 28.7. The number of aromatic nitrogens is 1. The van der Waals surface area contributed by atoms with E-state index in [-0.39, 0.29) is 40.2 Å². The lowest BCUT2D eigenvalue weighted by Crippen LogP contribution is -2.52. The van der Waals surface area contributed by atoms with Crippen LogP contribution >= 0.6 is 0 Å². The molecule has 2 saturated carbocycles. The average Bonchev–Trinajstić information content (AvgIpc) is 3.34. The summed E-state index contributed by atoms with van der Waals surface area (Å²) in [6.45, 7) is 3.23. The first-order chi connectivity index (χ1) is 20.0. The summed E-state index contributed by atoms with van der Waals surface area (Å²) in [4.78, 5) is 44.1. The molecule has 6 rings (SSSR count). The molecule has 0 N–H and O–H groups in total. The van der Waals surface area contributed by atoms with Crippen LogP contribution in [0.5, 0.6) is 5.75 Å². The SMILES string of the molecule is COC(=O)N1CCC(C(=O)N(C)[C@@H](C)C2CCC2)(c2cc([N+](C)(C)C(=O)CC3c4ccccc4OCC34CC4)no2)C1. The summed E-state index contributed by atoms with van der Waals surface area (Å²) in [5.74, 6) is 2.16. The Balaban J connectivity index is 1.27. The minimum Gasteiger partial charge on any atom is -0.493 e. The van der Waals surface area contributed by atoms with E-state index >= 15 is 0 Å². The number of fused-ring (bicyclic) bond motifs is 1. The Bertz CT molecular complexity index is 1380. The predicted molar refractivity (Wildman–Crippen MR) is 156 cm³/mol. The third kappa shape index (κ3) is 4.58. The van der Waals surface area contributed by atoms with Gasteiger partial charge in [-0.3, -0.25) is 4.79 Å². The largest absolute Gasteiger partial charge is 0.493 e. The number of benzene rings is 1. The minimum atomic E-state index is -1.10. The zero-order valence-electron chi connectivity index (χ0n) is 25.4. The van der Waals surface area contributed by atoms with Gasteiger partial charge >= 0.3 is 12.0 Å². The molecule has 4 aliphatic rings. The summed E-state index contributed by atoms with van der Waals surface area (Å²) in [6, 6.07) is 9.84. The standard InChI is InChI=1S/C32H43N4O6/c1-21(22-9-8-10-22)34(2)29(38)32(15-16-35(19-32)30(39)40-5)26-18-27(33-42-26)36(3,4)28(37)17-24-23-11-6-7-12-25(23)41-20-31(24)13-14-31/h6-7,11-12,18,21-22,24H,8-10,13-17,19-20H2,1-5H3/q+1/t21-,24?,32?/m0/s1. The fourth-order valence-electron chi connectivity index (χ4n) is 7.15. The number of carbonyl (C=O) groups is 3. The summed E-state index contributed by atoms with van der Waals surface area (Å²) in [5.41, 5.74) is 0.00296. The van der Waals surface area contributed by atoms with Gasteiger partial charge in [-0.05, 0) is 61.7 Å². The van der Waals surface area contributed by atoms with Gasteiger partial charge < -0.3 is 23.8 Å². The van der Waals surface area contributed by atoms with Gasteiger partial charge in [0.1, 0.15) is 11.2 Å². The van der Waals surface area contributed by atoms with Gasteiger partial charge in [0.15, 0.2) is 5.76 Å². The van der Waals surface area contributed by atoms with E-state index in [9.17, 15) is 14.4 Å². The number of likely N-dealkylation sites (N-methyl/N-ethyl adjacent to an activating group) is 1. The van der Waals surface area contributed by atoms with Gasteiger partial charge in [-0.1, -0.05) is 24.6 Å². The third-order valence-electron chi connectivity index (χ3n) is 10.9. The van der Waals surface area contributed by atoms with Crippen LogP contribution < -0.4 is 9.22 Å². The molecule has 1 aromatic carbocycles. The quantitative estimate of drug-likeness (QED) is 0.446. The number of quaternary nitrogens is 1. The van der Waals surface area contributed by atoms with Gasteiger partial charge in [0, 0.05) is 37.5 Å². The van der Waals surface area contributed by atoms with E-state index in [1.807, 2.05) is 44.2 Å². The monoisotopic (exact) mass is 579 g/mol. The second kappa shape index (κ2) is 10.4. The number of methoxy groups -OCH3 is 1. The Labute approximate surface area is 247 Å². The maximum absolute atomic E-state index is 14.2. The Morgan fingerprint density at radius 2 is 1.93 bits per heavy atom. The molecule has 2 aliphatic heterocycles. The number of nitrogens with zero attached hydrogens (tertiary/aromatic N) is 4. The minimum absolute atomic E-state index is 0.0123. The summed E-state index contributed by atoms with van der Waals surface area (Å²) >= 11 is 0. The molecule has 3 fully saturated rings. The molecule has 226 valence electrons. The molecule has 1 saturated heterocycles. The van der Waals surface area contributed by atoms with E-state index in [1.165, 1.54) is 13.5 Å². The molecule has 2 aliphatic carbocycles. The lowest BCUT2D eigenvalue weighted by molar-refractivity contribution is -0.140. The highest BCUT2D eigenvalue weighted by atomic mass is 16.5. The number of amides is 3. The molecule has 10 nitrogen and oxygen atoms in total. The van der Waals surface area contributed by atoms with Crippen LogP contribution in [0.25, 0.3) is 0 Å². The van der Waals surface area contributed by atoms with E-state index in [2.05, 4.69) is 18.1 Å². The van der Waals surface area contributed by atoms with Crippen LogP contribution in [0.15, 0.2) is 34.9 Å². The average molecular weight is 580 g/mol. The lowest BCUT2D eigenvalue weighted by atomic mass is 9.77. The van der Waals surface area contributed by atoms with E-state index in [1.54, 1.807) is 11.0 Å². The molecule has 42 heavy (non-hydrogen) atoms. The van der Waals surface area contributed by atoms with Crippen molar-refractivity contribution in [1.82, 2.24) is 19.4 Å². The molecule has 1 spiro atoms. The first-order valence-electron chi connectivity index (χ1n) is 15.2. The number of para-hydroxylation sites is 1. The van der Waals surface area contributed by atoms with Crippen molar-refractivity contribution >= 4 is 23.7 Å². The molecule has 0 radical (unpaired) electrons. The molecule has 3 atom stereocenters. The predicted octanol–water partition coefficient (Wildman–Crippen LogP) is 4.47. The van der Waals surface area contributed by atoms with Crippen LogP contribution in [-0.4, -0.2) is 86.9 Å². The van der Waals surface area contributed by atoms with Crippen molar-refractivity contribution in [2.45, 2.75) is 69.2 Å². The van der Waals surface area contributed by atoms with Crippen molar-refractivity contribution in [3.05, 3.63) is 41.7 Å². The van der Waals surface area contributed by atoms with E-state index < -0.39 is 11.5 Å². The zero-order valence-corrected chi connectivity index (χ0v) is 25.4. The number of hydrogen-bond donors (Lipinski definition) is 0. The van der Waals surface area contributed by atoms with Gasteiger partial charge in [-0.25, -0.2) is 14.1 Å². The molecule has 10 heteroatoms. The summed E-state index contributed by atoms with van der Waals surface area (Å²) in [6.07, 6.45) is 5.78. The van der Waals surface area contributed by atoms with Crippen LogP contribution in [-0.2, 0) is 19.7 Å². The Morgan fingerprint density at radius 1 is 1.19 bits per heavy atom. The summed E-state index contributed by atoms with van der Waals surface area (Å²) < 4.78 is 16.9. The second-order valence-corrected chi connectivity index (χ2v) is 13.4. The third-order valence-corrected chi connectivity index (χ3v) is 10.9. The Hall–Kier alpha value is -3.40. The van der Waals surface area contributed by atoms with Crippen molar-refractivity contribution in [1.29, 1.82) is 0 Å². The molecule has 3 heterocycles. The first-order valence-corrected chi connectivity index (χ1v) is 15.2. The van der Waals surface area contributed by atoms with Crippen molar-refractivity contribution in [2.24, 2.45) is 11.3 Å². The highest BCUT2D eigenvalue weighted by Crippen LogP contribution is 2.61. The van der Waals surface area contributed by atoms with Gasteiger partial charge in [-0.2, -0.15) is 0 Å². The van der Waals surface area contributed by atoms with Crippen molar-refractivity contribution < 1.29 is 28.4 Å². The highest BCUT2D eigenvalue weighted by molar-refractivity contribution is 5.91. The Kier molecular flexibility index (Phi) is 7.11. The number of likely N-dealkylation sites (tertiary alicyclic amines) is 1. The van der Waals surface area contributed by atoms with Crippen LogP contribution in [0, 0.1) is 11.3 Å². The Morgan fingerprint density at radius 3 is 2.60 bits per heavy atom. The van der Waals surface area contributed by atoms with E-state index in [0.29, 0.717) is 43.5 Å². The summed E-state index contributed by atoms with van der Waals surface area (Å²) in [5, 5.41) is 4.37. The second-order valence-electron chi connectivity index (χ2n) is 13.4. The van der Waals surface area contributed by atoms with Crippen LogP contribution in [0.3, 0.4) is 0 Å². The zero-order chi connectivity index (χ0) is 29.9. The fourth-order valence-corrected chi connectivity index (χ4v) is 7.15. The molecule has 2 unspecified atom stereocenters. The normalized spacial score (nSPS) is 25.3. The number of hydrogen-bond acceptors (Lipinski definition) is 7. The van der Waals surface area contributed by atoms with Gasteiger partial charge in [-0.15, -0.1) is 0 Å². The fraction of sp³-hybridized carbons (Fsp3) is 0.625. The maximum atomic E-state index is 14.2. The molecular weight excluding hydrogens is 536 g/mol. The molecule has 1 aromatic heterocycles. The molecular formula is C32H43N4O6+. The van der Waals surface area contributed by atoms with Gasteiger partial charge in [0.05, 0.1) is 40.3 Å². The van der Waals surface area contributed by atoms with Crippen LogP contribution in [0.4, 0.5) is 10.6 Å². The van der Waals surface area contributed by atoms with E-state index in [4.69, 9.17) is 14.0 Å². The van der Waals surface area contributed by atoms with Crippen LogP contribution in [0.1, 0.15) is 69.1 Å². The topological polar surface area (TPSA) is 102 Å². The molecule has 0 bridgehead atoms. The maximum Gasteiger partial charge on any atom is 0.409 e. The number of ether oxygens (including phenoxy) is 2. The van der Waals surface area contributed by atoms with E-state index in [0.717, 1.165) is 37.0 Å². The van der Waals surface area contributed by atoms with Crippen molar-refractivity contribution in [3.8, 4) is 5.75 Å². The van der Waals surface area contributed by atoms with Crippen molar-refractivity contribution in [2.75, 3.05) is 47.9 Å². The number of rotatable bonds is 7.